The molecule has 1 N–H and O–H groups in total. The van der Waals surface area contributed by atoms with Crippen molar-refractivity contribution < 1.29 is 22.7 Å². The zero-order valence-corrected chi connectivity index (χ0v) is 30.1. The van der Waals surface area contributed by atoms with Crippen LogP contribution in [0.3, 0.4) is 0 Å². The normalized spacial score (nSPS) is 14.1. The van der Waals surface area contributed by atoms with E-state index in [1.807, 2.05) is 30.3 Å². The maximum absolute atomic E-state index is 14.8. The summed E-state index contributed by atoms with van der Waals surface area (Å²) in [4.78, 5) is 30.4. The van der Waals surface area contributed by atoms with Gasteiger partial charge in [-0.05, 0) is 60.9 Å². The van der Waals surface area contributed by atoms with Gasteiger partial charge >= 0.3 is 0 Å². The molecule has 258 valence electrons. The molecule has 0 aliphatic heterocycles. The molecule has 0 bridgehead atoms. The predicted molar refractivity (Wildman–Crippen MR) is 195 cm³/mol. The number of sulfonamides is 1. The first kappa shape index (κ1) is 36.5. The Morgan fingerprint density at radius 2 is 1.47 bits per heavy atom. The molecule has 1 aliphatic carbocycles. The number of halogens is 3. The van der Waals surface area contributed by atoms with Gasteiger partial charge in [0, 0.05) is 34.6 Å². The number of rotatable bonds is 13. The molecule has 5 rings (SSSR count). The van der Waals surface area contributed by atoms with Crippen LogP contribution in [0.2, 0.25) is 15.1 Å². The Hall–Kier alpha value is -3.76. The molecule has 0 heterocycles. The first-order valence-corrected chi connectivity index (χ1v) is 18.6. The van der Waals surface area contributed by atoms with Crippen molar-refractivity contribution in [3.05, 3.63) is 123 Å². The van der Waals surface area contributed by atoms with Crippen LogP contribution in [0.4, 0.5) is 5.69 Å². The van der Waals surface area contributed by atoms with Crippen molar-refractivity contribution in [1.29, 1.82) is 0 Å². The molecular weight excluding hydrogens is 705 g/mol. The highest BCUT2D eigenvalue weighted by atomic mass is 35.5. The van der Waals surface area contributed by atoms with Crippen molar-refractivity contribution in [2.45, 2.75) is 62.0 Å². The second kappa shape index (κ2) is 16.8. The lowest BCUT2D eigenvalue weighted by atomic mass is 9.94. The fourth-order valence-corrected chi connectivity index (χ4v) is 8.21. The number of anilines is 1. The van der Waals surface area contributed by atoms with E-state index in [2.05, 4.69) is 5.32 Å². The largest absolute Gasteiger partial charge is 0.495 e. The van der Waals surface area contributed by atoms with Gasteiger partial charge < -0.3 is 15.0 Å². The first-order valence-electron chi connectivity index (χ1n) is 16.1. The quantitative estimate of drug-likeness (QED) is 0.150. The highest BCUT2D eigenvalue weighted by Gasteiger charge is 2.36. The Bertz CT molecular complexity index is 1840. The van der Waals surface area contributed by atoms with E-state index in [-0.39, 0.29) is 40.5 Å². The van der Waals surface area contributed by atoms with Gasteiger partial charge in [0.15, 0.2) is 0 Å². The number of hydrogen-bond donors (Lipinski definition) is 1. The average molecular weight is 743 g/mol. The van der Waals surface area contributed by atoms with E-state index in [0.717, 1.165) is 42.0 Å². The molecule has 8 nitrogen and oxygen atoms in total. The van der Waals surface area contributed by atoms with Gasteiger partial charge in [-0.2, -0.15) is 0 Å². The molecule has 4 aromatic rings. The van der Waals surface area contributed by atoms with Crippen LogP contribution >= 0.6 is 34.8 Å². The fourth-order valence-electron chi connectivity index (χ4n) is 6.01. The topological polar surface area (TPSA) is 96.0 Å². The number of amides is 2. The third-order valence-electron chi connectivity index (χ3n) is 8.65. The molecular formula is C37H38Cl3N3O5S. The van der Waals surface area contributed by atoms with Crippen molar-refractivity contribution in [2.24, 2.45) is 0 Å². The molecule has 4 aromatic carbocycles. The number of ether oxygens (including phenoxy) is 1. The summed E-state index contributed by atoms with van der Waals surface area (Å²) in [6, 6.07) is 25.6. The van der Waals surface area contributed by atoms with Gasteiger partial charge in [0.2, 0.25) is 11.8 Å². The van der Waals surface area contributed by atoms with Gasteiger partial charge in [-0.1, -0.05) is 109 Å². The third-order valence-corrected chi connectivity index (χ3v) is 11.4. The SMILES string of the molecule is COc1ccc(N(CC(=O)N(Cc2c(Cl)cccc2Cl)C(Cc2ccccc2)C(=O)NC2CCCCC2)S(=O)(=O)c2ccccc2)cc1Cl. The van der Waals surface area contributed by atoms with Crippen molar-refractivity contribution >= 4 is 62.3 Å². The molecule has 12 heteroatoms. The Labute approximate surface area is 303 Å². The van der Waals surface area contributed by atoms with Crippen LogP contribution in [0, 0.1) is 0 Å². The Morgan fingerprint density at radius 3 is 2.08 bits per heavy atom. The maximum atomic E-state index is 14.8. The smallest absolute Gasteiger partial charge is 0.264 e. The second-order valence-corrected chi connectivity index (χ2v) is 15.0. The zero-order valence-electron chi connectivity index (χ0n) is 27.0. The van der Waals surface area contributed by atoms with Crippen LogP contribution in [0.1, 0.15) is 43.2 Å². The molecule has 49 heavy (non-hydrogen) atoms. The maximum Gasteiger partial charge on any atom is 0.264 e. The molecule has 0 spiro atoms. The monoisotopic (exact) mass is 741 g/mol. The molecule has 0 aromatic heterocycles. The van der Waals surface area contributed by atoms with E-state index in [1.165, 1.54) is 42.3 Å². The minimum atomic E-state index is -4.30. The molecule has 1 saturated carbocycles. The van der Waals surface area contributed by atoms with Crippen molar-refractivity contribution in [3.8, 4) is 5.75 Å². The summed E-state index contributed by atoms with van der Waals surface area (Å²) in [5, 5.41) is 3.97. The lowest BCUT2D eigenvalue weighted by Gasteiger charge is -2.35. The molecule has 1 fully saturated rings. The van der Waals surface area contributed by atoms with Crippen LogP contribution in [-0.4, -0.2) is 50.9 Å². The van der Waals surface area contributed by atoms with E-state index in [1.54, 1.807) is 36.4 Å². The number of benzene rings is 4. The summed E-state index contributed by atoms with van der Waals surface area (Å²) in [5.74, 6) is -0.634. The minimum Gasteiger partial charge on any atom is -0.495 e. The first-order chi connectivity index (χ1) is 23.6. The standard InChI is InChI=1S/C37H38Cl3N3O5S/c1-48-35-21-20-28(23-33(35)40)43(49(46,47)29-16-9-4-10-17-29)25-36(44)42(24-30-31(38)18-11-19-32(30)39)34(22-26-12-5-2-6-13-26)37(45)41-27-14-7-3-8-15-27/h2,4-6,9-13,16-21,23,27,34H,3,7-8,14-15,22,24-25H2,1H3,(H,41,45). The number of hydrogen-bond acceptors (Lipinski definition) is 5. The Balaban J connectivity index is 1.60. The van der Waals surface area contributed by atoms with Crippen molar-refractivity contribution in [1.82, 2.24) is 10.2 Å². The highest BCUT2D eigenvalue weighted by molar-refractivity contribution is 7.92. The second-order valence-electron chi connectivity index (χ2n) is 11.9. The Morgan fingerprint density at radius 1 is 0.837 bits per heavy atom. The summed E-state index contributed by atoms with van der Waals surface area (Å²) >= 11 is 19.7. The van der Waals surface area contributed by atoms with Crippen LogP contribution in [0.5, 0.6) is 5.75 Å². The number of carbonyl (C=O) groups is 2. The fraction of sp³-hybridized carbons (Fsp3) is 0.297. The average Bonchev–Trinajstić information content (AvgIpc) is 3.11. The zero-order chi connectivity index (χ0) is 35.0. The molecule has 0 saturated heterocycles. The number of nitrogens with one attached hydrogen (secondary N) is 1. The van der Waals surface area contributed by atoms with Gasteiger partial charge in [-0.3, -0.25) is 13.9 Å². The van der Waals surface area contributed by atoms with Crippen LogP contribution in [0.15, 0.2) is 102 Å². The van der Waals surface area contributed by atoms with E-state index < -0.39 is 28.5 Å². The highest BCUT2D eigenvalue weighted by Crippen LogP contribution is 2.33. The molecule has 1 unspecified atom stereocenters. The summed E-state index contributed by atoms with van der Waals surface area (Å²) in [6.45, 7) is -0.792. The van der Waals surface area contributed by atoms with E-state index in [4.69, 9.17) is 39.5 Å². The molecule has 2 amide bonds. The Kier molecular flexibility index (Phi) is 12.5. The molecule has 1 atom stereocenters. The van der Waals surface area contributed by atoms with Crippen LogP contribution in [-0.2, 0) is 32.6 Å². The summed E-state index contributed by atoms with van der Waals surface area (Å²) in [5.41, 5.74) is 1.41. The van der Waals surface area contributed by atoms with Gasteiger partial charge in [0.05, 0.1) is 22.7 Å². The minimum absolute atomic E-state index is 0.0219. The van der Waals surface area contributed by atoms with Gasteiger partial charge in [0.25, 0.3) is 10.0 Å². The lowest BCUT2D eigenvalue weighted by Crippen LogP contribution is -2.55. The van der Waals surface area contributed by atoms with Gasteiger partial charge in [-0.25, -0.2) is 8.42 Å². The van der Waals surface area contributed by atoms with E-state index in [9.17, 15) is 18.0 Å². The van der Waals surface area contributed by atoms with E-state index >= 15 is 0 Å². The lowest BCUT2D eigenvalue weighted by molar-refractivity contribution is -0.140. The summed E-state index contributed by atoms with van der Waals surface area (Å²) in [7, 11) is -2.85. The number of methoxy groups -OCH3 is 1. The van der Waals surface area contributed by atoms with Crippen molar-refractivity contribution in [3.63, 3.8) is 0 Å². The predicted octanol–water partition coefficient (Wildman–Crippen LogP) is 7.94. The van der Waals surface area contributed by atoms with Gasteiger partial charge in [-0.15, -0.1) is 0 Å². The number of carbonyl (C=O) groups excluding carboxylic acids is 2. The number of nitrogens with zero attached hydrogens (tertiary/aromatic N) is 2. The summed E-state index contributed by atoms with van der Waals surface area (Å²) < 4.78 is 34.8. The molecule has 1 aliphatic rings. The van der Waals surface area contributed by atoms with E-state index in [0.29, 0.717) is 21.4 Å². The van der Waals surface area contributed by atoms with Crippen LogP contribution in [0.25, 0.3) is 0 Å². The molecule has 0 radical (unpaired) electrons. The third kappa shape index (κ3) is 9.08. The van der Waals surface area contributed by atoms with Crippen LogP contribution < -0.4 is 14.4 Å². The van der Waals surface area contributed by atoms with Crippen molar-refractivity contribution in [2.75, 3.05) is 18.0 Å². The van der Waals surface area contributed by atoms with Gasteiger partial charge in [0.1, 0.15) is 18.3 Å². The summed E-state index contributed by atoms with van der Waals surface area (Å²) in [6.07, 6.45) is 4.97.